The van der Waals surface area contributed by atoms with Crippen molar-refractivity contribution in [1.82, 2.24) is 9.59 Å². The average molecular weight is 283 g/mol. The minimum Gasteiger partial charge on any atom is -0.323 e. The van der Waals surface area contributed by atoms with Gasteiger partial charge in [-0.05, 0) is 23.9 Å². The van der Waals surface area contributed by atoms with E-state index in [-0.39, 0.29) is 11.5 Å². The molecule has 0 amide bonds. The molecule has 19 heavy (non-hydrogen) atoms. The fourth-order valence-corrected chi connectivity index (χ4v) is 3.28. The highest BCUT2D eigenvalue weighted by Gasteiger charge is 2.26. The number of hydrogen-bond acceptors (Lipinski definition) is 4. The molecule has 0 aliphatic heterocycles. The molecular weight excluding hydrogens is 254 g/mol. The maximum Gasteiger partial charge on any atom is 0.0856 e. The van der Waals surface area contributed by atoms with Gasteiger partial charge in [0, 0.05) is 11.5 Å². The highest BCUT2D eigenvalue weighted by molar-refractivity contribution is 7.05. The monoisotopic (exact) mass is 283 g/mol. The van der Waals surface area contributed by atoms with Crippen LogP contribution in [0.15, 0.2) is 0 Å². The van der Waals surface area contributed by atoms with Gasteiger partial charge in [0.15, 0.2) is 0 Å². The summed E-state index contributed by atoms with van der Waals surface area (Å²) >= 11 is 1.47. The van der Waals surface area contributed by atoms with Crippen LogP contribution in [0.1, 0.15) is 83.3 Å². The fraction of sp³-hybridized carbons (Fsp3) is 0.867. The first-order valence-corrected chi connectivity index (χ1v) is 8.25. The lowest BCUT2D eigenvalue weighted by atomic mass is 9.87. The van der Waals surface area contributed by atoms with Gasteiger partial charge in [0.05, 0.1) is 10.6 Å². The summed E-state index contributed by atoms with van der Waals surface area (Å²) in [5.41, 5.74) is 7.53. The van der Waals surface area contributed by atoms with Crippen LogP contribution in [0, 0.1) is 5.92 Å². The Hall–Kier alpha value is -0.480. The quantitative estimate of drug-likeness (QED) is 0.804. The maximum atomic E-state index is 6.42. The molecule has 0 bridgehead atoms. The van der Waals surface area contributed by atoms with Crippen LogP contribution >= 0.6 is 11.5 Å². The van der Waals surface area contributed by atoms with E-state index in [0.717, 1.165) is 18.0 Å². The number of nitrogens with zero attached hydrogens (tertiary/aromatic N) is 2. The molecule has 0 aliphatic carbocycles. The van der Waals surface area contributed by atoms with Gasteiger partial charge in [-0.25, -0.2) is 0 Å². The highest BCUT2D eigenvalue weighted by atomic mass is 32.1. The molecule has 0 radical (unpaired) electrons. The number of unbranched alkanes of at least 4 members (excludes halogenated alkanes) is 1. The van der Waals surface area contributed by atoms with Crippen molar-refractivity contribution in [1.29, 1.82) is 0 Å². The third-order valence-corrected chi connectivity index (χ3v) is 4.55. The van der Waals surface area contributed by atoms with Gasteiger partial charge >= 0.3 is 0 Å². The summed E-state index contributed by atoms with van der Waals surface area (Å²) in [5, 5.41) is 4.29. The predicted octanol–water partition coefficient (Wildman–Crippen LogP) is 4.44. The molecule has 0 spiro atoms. The minimum atomic E-state index is 0.0328. The lowest BCUT2D eigenvalue weighted by molar-refractivity contribution is 0.387. The van der Waals surface area contributed by atoms with Crippen molar-refractivity contribution in [2.75, 3.05) is 0 Å². The zero-order valence-electron chi connectivity index (χ0n) is 13.1. The minimum absolute atomic E-state index is 0.0328. The van der Waals surface area contributed by atoms with Crippen molar-refractivity contribution >= 4 is 11.5 Å². The molecule has 0 fully saturated rings. The fourth-order valence-electron chi connectivity index (χ4n) is 2.41. The maximum absolute atomic E-state index is 6.42. The van der Waals surface area contributed by atoms with Gasteiger partial charge in [-0.1, -0.05) is 64.8 Å². The summed E-state index contributed by atoms with van der Waals surface area (Å²) in [6.07, 6.45) is 6.13. The second-order valence-electron chi connectivity index (χ2n) is 6.49. The zero-order chi connectivity index (χ0) is 14.5. The SMILES string of the molecule is CCCCC(CC)CC(N)c1snnc1C(C)(C)C. The molecule has 1 aromatic heterocycles. The van der Waals surface area contributed by atoms with Gasteiger partial charge in [-0.2, -0.15) is 0 Å². The molecule has 0 aliphatic rings. The summed E-state index contributed by atoms with van der Waals surface area (Å²) in [6, 6.07) is 0.0935. The number of hydrogen-bond donors (Lipinski definition) is 1. The van der Waals surface area contributed by atoms with Crippen LogP contribution in [0.2, 0.25) is 0 Å². The molecule has 2 N–H and O–H groups in total. The molecule has 0 saturated carbocycles. The Bertz CT molecular complexity index is 368. The van der Waals surface area contributed by atoms with E-state index in [1.807, 2.05) is 0 Å². The Morgan fingerprint density at radius 2 is 1.95 bits per heavy atom. The molecule has 4 heteroatoms. The smallest absolute Gasteiger partial charge is 0.0856 e. The molecule has 0 aromatic carbocycles. The second kappa shape index (κ2) is 7.34. The number of rotatable bonds is 7. The van der Waals surface area contributed by atoms with Gasteiger partial charge in [0.2, 0.25) is 0 Å². The Labute approximate surface area is 122 Å². The van der Waals surface area contributed by atoms with E-state index < -0.39 is 0 Å². The van der Waals surface area contributed by atoms with Crippen LogP contribution in [0.25, 0.3) is 0 Å². The molecule has 2 atom stereocenters. The van der Waals surface area contributed by atoms with E-state index >= 15 is 0 Å². The summed E-state index contributed by atoms with van der Waals surface area (Å²) in [5.74, 6) is 0.727. The number of nitrogens with two attached hydrogens (primary N) is 1. The summed E-state index contributed by atoms with van der Waals surface area (Å²) < 4.78 is 4.12. The second-order valence-corrected chi connectivity index (χ2v) is 7.28. The van der Waals surface area contributed by atoms with Crippen molar-refractivity contribution in [3.63, 3.8) is 0 Å². The molecule has 1 aromatic rings. The van der Waals surface area contributed by atoms with Crippen molar-refractivity contribution in [3.05, 3.63) is 10.6 Å². The lowest BCUT2D eigenvalue weighted by Gasteiger charge is -2.22. The van der Waals surface area contributed by atoms with Crippen LogP contribution in [-0.2, 0) is 5.41 Å². The van der Waals surface area contributed by atoms with Crippen LogP contribution in [0.4, 0.5) is 0 Å². The lowest BCUT2D eigenvalue weighted by Crippen LogP contribution is -2.21. The van der Waals surface area contributed by atoms with E-state index in [1.165, 1.54) is 42.1 Å². The first-order chi connectivity index (χ1) is 8.90. The van der Waals surface area contributed by atoms with Gasteiger partial charge in [0.25, 0.3) is 0 Å². The third-order valence-electron chi connectivity index (χ3n) is 3.69. The first kappa shape index (κ1) is 16.6. The molecular formula is C15H29N3S. The summed E-state index contributed by atoms with van der Waals surface area (Å²) in [6.45, 7) is 11.0. The standard InChI is InChI=1S/C15H29N3S/c1-6-8-9-11(7-2)10-12(16)13-14(15(3,4)5)17-18-19-13/h11-12H,6-10,16H2,1-5H3. The Morgan fingerprint density at radius 1 is 1.26 bits per heavy atom. The average Bonchev–Trinajstić information content (AvgIpc) is 2.83. The van der Waals surface area contributed by atoms with Gasteiger partial charge < -0.3 is 5.73 Å². The molecule has 110 valence electrons. The van der Waals surface area contributed by atoms with Crippen molar-refractivity contribution < 1.29 is 0 Å². The Balaban J connectivity index is 2.72. The van der Waals surface area contributed by atoms with Crippen LogP contribution in [-0.4, -0.2) is 9.59 Å². The third kappa shape index (κ3) is 4.84. The molecule has 2 unspecified atom stereocenters. The first-order valence-electron chi connectivity index (χ1n) is 7.48. The zero-order valence-corrected chi connectivity index (χ0v) is 13.9. The van der Waals surface area contributed by atoms with Crippen LogP contribution in [0.3, 0.4) is 0 Å². The Kier molecular flexibility index (Phi) is 6.40. The van der Waals surface area contributed by atoms with Crippen molar-refractivity contribution in [3.8, 4) is 0 Å². The Morgan fingerprint density at radius 3 is 2.47 bits per heavy atom. The largest absolute Gasteiger partial charge is 0.323 e. The number of aromatic nitrogens is 2. The van der Waals surface area contributed by atoms with Gasteiger partial charge in [-0.15, -0.1) is 5.10 Å². The van der Waals surface area contributed by atoms with Crippen molar-refractivity contribution in [2.45, 2.75) is 78.2 Å². The van der Waals surface area contributed by atoms with Crippen LogP contribution < -0.4 is 5.73 Å². The van der Waals surface area contributed by atoms with E-state index in [0.29, 0.717) is 0 Å². The highest BCUT2D eigenvalue weighted by Crippen LogP contribution is 2.33. The molecule has 1 heterocycles. The van der Waals surface area contributed by atoms with Crippen molar-refractivity contribution in [2.24, 2.45) is 11.7 Å². The van der Waals surface area contributed by atoms with Crippen LogP contribution in [0.5, 0.6) is 0 Å². The van der Waals surface area contributed by atoms with E-state index in [4.69, 9.17) is 5.73 Å². The predicted molar refractivity (Wildman–Crippen MR) is 83.5 cm³/mol. The van der Waals surface area contributed by atoms with E-state index in [9.17, 15) is 0 Å². The molecule has 3 nitrogen and oxygen atoms in total. The summed E-state index contributed by atoms with van der Waals surface area (Å²) in [4.78, 5) is 1.18. The normalized spacial score (nSPS) is 15.5. The van der Waals surface area contributed by atoms with E-state index in [1.54, 1.807) is 0 Å². The topological polar surface area (TPSA) is 51.8 Å². The summed E-state index contributed by atoms with van der Waals surface area (Å²) in [7, 11) is 0. The molecule has 0 saturated heterocycles. The molecule has 1 rings (SSSR count). The van der Waals surface area contributed by atoms with Gasteiger partial charge in [-0.3, -0.25) is 0 Å². The van der Waals surface area contributed by atoms with Gasteiger partial charge in [0.1, 0.15) is 0 Å². The van der Waals surface area contributed by atoms with E-state index in [2.05, 4.69) is 44.2 Å².